The number of likely N-dealkylation sites (N-methyl/N-ethyl adjacent to an activating group) is 1. The van der Waals surface area contributed by atoms with E-state index in [4.69, 9.17) is 4.74 Å². The van der Waals surface area contributed by atoms with E-state index in [1.165, 1.54) is 0 Å². The first-order valence-electron chi connectivity index (χ1n) is 9.42. The van der Waals surface area contributed by atoms with Crippen molar-refractivity contribution in [2.75, 3.05) is 38.6 Å². The standard InChI is InChI=1S/C20H29N3O4/c1-4-27-20(26)17-7-5-6-12-23(17)19(25)14-22(3)13-18(24)21-16-10-8-15(2)9-11-16/h8-11,17H,4-7,12-14H2,1-3H3,(H,21,24)/t17-/m1/s1. The molecule has 7 heteroatoms. The molecule has 1 atom stereocenters. The number of anilines is 1. The number of hydrogen-bond donors (Lipinski definition) is 1. The van der Waals surface area contributed by atoms with Crippen LogP contribution in [-0.4, -0.2) is 66.9 Å². The Kier molecular flexibility index (Phi) is 7.79. The lowest BCUT2D eigenvalue weighted by Crippen LogP contribution is -2.51. The van der Waals surface area contributed by atoms with Gasteiger partial charge in [0.25, 0.3) is 0 Å². The van der Waals surface area contributed by atoms with Gasteiger partial charge in [-0.1, -0.05) is 17.7 Å². The normalized spacial score (nSPS) is 16.9. The van der Waals surface area contributed by atoms with Gasteiger partial charge in [-0.3, -0.25) is 14.5 Å². The van der Waals surface area contributed by atoms with E-state index in [2.05, 4.69) is 5.32 Å². The third-order valence-electron chi connectivity index (χ3n) is 4.54. The van der Waals surface area contributed by atoms with Gasteiger partial charge in [-0.2, -0.15) is 0 Å². The molecule has 2 amide bonds. The highest BCUT2D eigenvalue weighted by Crippen LogP contribution is 2.18. The van der Waals surface area contributed by atoms with Crippen molar-refractivity contribution in [3.63, 3.8) is 0 Å². The number of ether oxygens (including phenoxy) is 1. The zero-order valence-electron chi connectivity index (χ0n) is 16.4. The first-order chi connectivity index (χ1) is 12.9. The topological polar surface area (TPSA) is 79.0 Å². The molecule has 1 fully saturated rings. The molecule has 0 aliphatic carbocycles. The maximum Gasteiger partial charge on any atom is 0.328 e. The Bertz CT molecular complexity index is 660. The number of esters is 1. The number of nitrogens with zero attached hydrogens (tertiary/aromatic N) is 2. The molecule has 1 aliphatic heterocycles. The van der Waals surface area contributed by atoms with Gasteiger partial charge in [0.15, 0.2) is 0 Å². The van der Waals surface area contributed by atoms with Crippen molar-refractivity contribution >= 4 is 23.5 Å². The highest BCUT2D eigenvalue weighted by molar-refractivity contribution is 5.92. The van der Waals surface area contributed by atoms with Gasteiger partial charge < -0.3 is 15.0 Å². The Morgan fingerprint density at radius 1 is 1.19 bits per heavy atom. The molecular weight excluding hydrogens is 346 g/mol. The Morgan fingerprint density at radius 3 is 2.56 bits per heavy atom. The summed E-state index contributed by atoms with van der Waals surface area (Å²) in [5.41, 5.74) is 1.84. The first kappa shape index (κ1) is 20.9. The van der Waals surface area contributed by atoms with E-state index in [0.29, 0.717) is 19.6 Å². The van der Waals surface area contributed by atoms with Crippen LogP contribution in [0.15, 0.2) is 24.3 Å². The van der Waals surface area contributed by atoms with E-state index in [1.54, 1.807) is 23.8 Å². The fraction of sp³-hybridized carbons (Fsp3) is 0.550. The first-order valence-corrected chi connectivity index (χ1v) is 9.42. The van der Waals surface area contributed by atoms with Crippen LogP contribution in [0.2, 0.25) is 0 Å². The van der Waals surface area contributed by atoms with E-state index in [0.717, 1.165) is 24.1 Å². The average molecular weight is 375 g/mol. The lowest BCUT2D eigenvalue weighted by atomic mass is 10.0. The summed E-state index contributed by atoms with van der Waals surface area (Å²) in [5.74, 6) is -0.682. The third-order valence-corrected chi connectivity index (χ3v) is 4.54. The fourth-order valence-electron chi connectivity index (χ4n) is 3.17. The van der Waals surface area contributed by atoms with Crippen LogP contribution in [0.1, 0.15) is 31.7 Å². The highest BCUT2D eigenvalue weighted by Gasteiger charge is 2.33. The van der Waals surface area contributed by atoms with Crippen molar-refractivity contribution in [2.45, 2.75) is 39.2 Å². The van der Waals surface area contributed by atoms with Crippen LogP contribution in [0.3, 0.4) is 0 Å². The van der Waals surface area contributed by atoms with Crippen LogP contribution >= 0.6 is 0 Å². The van der Waals surface area contributed by atoms with E-state index < -0.39 is 6.04 Å². The third kappa shape index (κ3) is 6.36. The number of amides is 2. The molecule has 1 saturated heterocycles. The lowest BCUT2D eigenvalue weighted by Gasteiger charge is -2.35. The van der Waals surface area contributed by atoms with Gasteiger partial charge >= 0.3 is 5.97 Å². The SMILES string of the molecule is CCOC(=O)[C@H]1CCCCN1C(=O)CN(C)CC(=O)Nc1ccc(C)cc1. The smallest absolute Gasteiger partial charge is 0.328 e. The van der Waals surface area contributed by atoms with Crippen molar-refractivity contribution in [3.8, 4) is 0 Å². The van der Waals surface area contributed by atoms with Crippen LogP contribution in [0.4, 0.5) is 5.69 Å². The Hall–Kier alpha value is -2.41. The number of aryl methyl sites for hydroxylation is 1. The van der Waals surface area contributed by atoms with Gasteiger partial charge in [0.1, 0.15) is 6.04 Å². The summed E-state index contributed by atoms with van der Waals surface area (Å²) < 4.78 is 5.10. The monoisotopic (exact) mass is 375 g/mol. The highest BCUT2D eigenvalue weighted by atomic mass is 16.5. The molecule has 0 radical (unpaired) electrons. The largest absolute Gasteiger partial charge is 0.464 e. The lowest BCUT2D eigenvalue weighted by molar-refractivity contribution is -0.157. The summed E-state index contributed by atoms with van der Waals surface area (Å²) in [6.07, 6.45) is 2.41. The number of carbonyl (C=O) groups is 3. The summed E-state index contributed by atoms with van der Waals surface area (Å²) in [6.45, 7) is 4.76. The predicted octanol–water partition coefficient (Wildman–Crippen LogP) is 1.81. The molecule has 0 bridgehead atoms. The number of likely N-dealkylation sites (tertiary alicyclic amines) is 1. The van der Waals surface area contributed by atoms with E-state index in [-0.39, 0.29) is 30.9 Å². The average Bonchev–Trinajstić information content (AvgIpc) is 2.63. The van der Waals surface area contributed by atoms with Crippen molar-refractivity contribution in [1.82, 2.24) is 9.80 Å². The zero-order valence-corrected chi connectivity index (χ0v) is 16.4. The second kappa shape index (κ2) is 10.1. The van der Waals surface area contributed by atoms with Gasteiger partial charge in [0.2, 0.25) is 11.8 Å². The summed E-state index contributed by atoms with van der Waals surface area (Å²) >= 11 is 0. The summed E-state index contributed by atoms with van der Waals surface area (Å²) in [6, 6.07) is 7.02. The summed E-state index contributed by atoms with van der Waals surface area (Å²) in [4.78, 5) is 40.2. The molecule has 1 heterocycles. The maximum atomic E-state index is 12.6. The van der Waals surface area contributed by atoms with Crippen molar-refractivity contribution in [3.05, 3.63) is 29.8 Å². The van der Waals surface area contributed by atoms with Crippen molar-refractivity contribution < 1.29 is 19.1 Å². The Balaban J connectivity index is 1.86. The minimum absolute atomic E-state index is 0.0806. The molecule has 1 aromatic carbocycles. The van der Waals surface area contributed by atoms with Gasteiger partial charge in [-0.15, -0.1) is 0 Å². The number of piperidine rings is 1. The van der Waals surface area contributed by atoms with E-state index in [9.17, 15) is 14.4 Å². The second-order valence-electron chi connectivity index (χ2n) is 6.94. The molecular formula is C20H29N3O4. The van der Waals surface area contributed by atoms with Gasteiger partial charge in [-0.25, -0.2) is 4.79 Å². The number of nitrogens with one attached hydrogen (secondary N) is 1. The molecule has 27 heavy (non-hydrogen) atoms. The van der Waals surface area contributed by atoms with Gasteiger partial charge in [0.05, 0.1) is 19.7 Å². The van der Waals surface area contributed by atoms with Crippen LogP contribution in [0.25, 0.3) is 0 Å². The van der Waals surface area contributed by atoms with E-state index in [1.807, 2.05) is 31.2 Å². The molecule has 1 aromatic rings. The summed E-state index contributed by atoms with van der Waals surface area (Å²) in [5, 5.41) is 2.82. The number of rotatable bonds is 7. The minimum atomic E-state index is -0.513. The van der Waals surface area contributed by atoms with Crippen molar-refractivity contribution in [1.29, 1.82) is 0 Å². The van der Waals surface area contributed by atoms with Gasteiger partial charge in [-0.05, 0) is 52.3 Å². The summed E-state index contributed by atoms with van der Waals surface area (Å²) in [7, 11) is 1.72. The molecule has 2 rings (SSSR count). The zero-order chi connectivity index (χ0) is 19.8. The molecule has 148 valence electrons. The number of benzene rings is 1. The van der Waals surface area contributed by atoms with E-state index >= 15 is 0 Å². The molecule has 1 N–H and O–H groups in total. The molecule has 0 saturated carbocycles. The van der Waals surface area contributed by atoms with Crippen LogP contribution in [-0.2, 0) is 19.1 Å². The fourth-order valence-corrected chi connectivity index (χ4v) is 3.17. The van der Waals surface area contributed by atoms with Gasteiger partial charge in [0, 0.05) is 12.2 Å². The van der Waals surface area contributed by atoms with Crippen LogP contribution in [0.5, 0.6) is 0 Å². The quantitative estimate of drug-likeness (QED) is 0.736. The number of carbonyl (C=O) groups excluding carboxylic acids is 3. The van der Waals surface area contributed by atoms with Crippen molar-refractivity contribution in [2.24, 2.45) is 0 Å². The molecule has 0 unspecified atom stereocenters. The molecule has 0 spiro atoms. The van der Waals surface area contributed by atoms with Crippen LogP contribution in [0, 0.1) is 6.92 Å². The second-order valence-corrected chi connectivity index (χ2v) is 6.94. The predicted molar refractivity (Wildman–Crippen MR) is 103 cm³/mol. The Morgan fingerprint density at radius 2 is 1.89 bits per heavy atom. The molecule has 7 nitrogen and oxygen atoms in total. The molecule has 0 aromatic heterocycles. The Labute approximate surface area is 160 Å². The minimum Gasteiger partial charge on any atom is -0.464 e. The van der Waals surface area contributed by atoms with Crippen LogP contribution < -0.4 is 5.32 Å². The number of hydrogen-bond acceptors (Lipinski definition) is 5. The maximum absolute atomic E-state index is 12.6. The molecule has 1 aliphatic rings.